The molecule has 0 saturated heterocycles. The molecule has 1 unspecified atom stereocenters. The van der Waals surface area contributed by atoms with Crippen LogP contribution in [0, 0.1) is 0 Å². The number of nitrogens with zero attached hydrogens (tertiary/aromatic N) is 2. The highest BCUT2D eigenvalue weighted by Gasteiger charge is 2.20. The molecule has 2 aromatic carbocycles. The van der Waals surface area contributed by atoms with Crippen LogP contribution in [0.2, 0.25) is 0 Å². The number of imidazole rings is 1. The summed E-state index contributed by atoms with van der Waals surface area (Å²) in [5, 5.41) is 3.51. The summed E-state index contributed by atoms with van der Waals surface area (Å²) >= 11 is 0. The van der Waals surface area contributed by atoms with Crippen molar-refractivity contribution >= 4 is 0 Å². The molecule has 0 radical (unpaired) electrons. The van der Waals surface area contributed by atoms with Crippen molar-refractivity contribution in [3.05, 3.63) is 78.2 Å². The first-order chi connectivity index (χ1) is 12.4. The Balaban J connectivity index is 1.30. The molecule has 128 valence electrons. The zero-order chi connectivity index (χ0) is 16.9. The number of ether oxygens (including phenoxy) is 1. The van der Waals surface area contributed by atoms with Gasteiger partial charge >= 0.3 is 0 Å². The second-order valence-electron chi connectivity index (χ2n) is 6.43. The molecular weight excluding hydrogens is 310 g/mol. The maximum atomic E-state index is 5.96. The van der Waals surface area contributed by atoms with Gasteiger partial charge in [-0.1, -0.05) is 60.7 Å². The van der Waals surface area contributed by atoms with Gasteiger partial charge in [-0.25, -0.2) is 4.98 Å². The van der Waals surface area contributed by atoms with Crippen LogP contribution in [0.1, 0.15) is 11.4 Å². The van der Waals surface area contributed by atoms with E-state index in [2.05, 4.69) is 58.5 Å². The molecule has 0 aliphatic carbocycles. The van der Waals surface area contributed by atoms with Crippen molar-refractivity contribution < 1.29 is 4.74 Å². The first kappa shape index (κ1) is 16.1. The van der Waals surface area contributed by atoms with E-state index in [9.17, 15) is 0 Å². The Morgan fingerprint density at radius 3 is 2.60 bits per heavy atom. The van der Waals surface area contributed by atoms with Crippen molar-refractivity contribution in [2.24, 2.45) is 0 Å². The zero-order valence-corrected chi connectivity index (χ0v) is 14.3. The van der Waals surface area contributed by atoms with E-state index in [-0.39, 0.29) is 6.10 Å². The number of fused-ring (bicyclic) bond motifs is 1. The van der Waals surface area contributed by atoms with Crippen LogP contribution in [0.15, 0.2) is 66.9 Å². The Morgan fingerprint density at radius 2 is 1.80 bits per heavy atom. The van der Waals surface area contributed by atoms with Gasteiger partial charge in [-0.2, -0.15) is 0 Å². The molecular formula is C21H23N3O. The lowest BCUT2D eigenvalue weighted by molar-refractivity contribution is 0.00311. The van der Waals surface area contributed by atoms with Crippen LogP contribution in [0.5, 0.6) is 0 Å². The van der Waals surface area contributed by atoms with Crippen LogP contribution in [-0.2, 0) is 24.3 Å². The fourth-order valence-electron chi connectivity index (χ4n) is 3.20. The van der Waals surface area contributed by atoms with Crippen molar-refractivity contribution in [1.82, 2.24) is 14.9 Å². The lowest BCUT2D eigenvalue weighted by Crippen LogP contribution is -2.36. The number of hydrogen-bond donors (Lipinski definition) is 1. The quantitative estimate of drug-likeness (QED) is 0.704. The normalized spacial score (nSPS) is 16.6. The van der Waals surface area contributed by atoms with Gasteiger partial charge in [0.1, 0.15) is 12.4 Å². The zero-order valence-electron chi connectivity index (χ0n) is 14.3. The van der Waals surface area contributed by atoms with E-state index in [0.29, 0.717) is 6.61 Å². The maximum Gasteiger partial charge on any atom is 0.135 e. The topological polar surface area (TPSA) is 39.1 Å². The molecule has 1 aliphatic heterocycles. The van der Waals surface area contributed by atoms with Gasteiger partial charge in [0, 0.05) is 18.3 Å². The second-order valence-corrected chi connectivity index (χ2v) is 6.43. The molecule has 1 aromatic heterocycles. The van der Waals surface area contributed by atoms with E-state index in [1.165, 1.54) is 5.56 Å². The third-order valence-electron chi connectivity index (χ3n) is 4.58. The summed E-state index contributed by atoms with van der Waals surface area (Å²) in [5.74, 6) is 1.01. The summed E-state index contributed by atoms with van der Waals surface area (Å²) in [4.78, 5) is 4.71. The first-order valence-electron chi connectivity index (χ1n) is 8.86. The van der Waals surface area contributed by atoms with Crippen LogP contribution in [0.3, 0.4) is 0 Å². The predicted octanol–water partition coefficient (Wildman–Crippen LogP) is 3.28. The number of benzene rings is 2. The summed E-state index contributed by atoms with van der Waals surface area (Å²) in [6.45, 7) is 3.27. The Hall–Kier alpha value is -2.43. The Bertz CT molecular complexity index is 799. The molecule has 0 spiro atoms. The Kier molecular flexibility index (Phi) is 4.91. The van der Waals surface area contributed by atoms with Crippen molar-refractivity contribution in [2.45, 2.75) is 25.7 Å². The van der Waals surface area contributed by atoms with Crippen molar-refractivity contribution in [1.29, 1.82) is 0 Å². The van der Waals surface area contributed by atoms with Crippen molar-refractivity contribution in [3.8, 4) is 11.3 Å². The largest absolute Gasteiger partial charge is 0.367 e. The number of nitrogens with one attached hydrogen (secondary N) is 1. The summed E-state index contributed by atoms with van der Waals surface area (Å²) < 4.78 is 8.19. The standard InChI is InChI=1S/C21H23N3O/c1-3-7-17(8-4-1)11-12-22-13-19-14-24-15-20(23-21(24)16-25-19)18-9-5-2-6-10-18/h1-10,15,19,22H,11-14,16H2. The van der Waals surface area contributed by atoms with Gasteiger partial charge in [-0.15, -0.1) is 0 Å². The molecule has 4 rings (SSSR count). The van der Waals surface area contributed by atoms with Crippen LogP contribution in [0.25, 0.3) is 11.3 Å². The molecule has 4 heteroatoms. The lowest BCUT2D eigenvalue weighted by atomic mass is 10.1. The van der Waals surface area contributed by atoms with Crippen LogP contribution >= 0.6 is 0 Å². The van der Waals surface area contributed by atoms with E-state index in [4.69, 9.17) is 9.72 Å². The first-order valence-corrected chi connectivity index (χ1v) is 8.86. The van der Waals surface area contributed by atoms with E-state index >= 15 is 0 Å². The molecule has 2 heterocycles. The highest BCUT2D eigenvalue weighted by molar-refractivity contribution is 5.58. The smallest absolute Gasteiger partial charge is 0.135 e. The molecule has 0 saturated carbocycles. The van der Waals surface area contributed by atoms with Crippen LogP contribution in [-0.4, -0.2) is 28.7 Å². The molecule has 1 N–H and O–H groups in total. The molecule has 0 bridgehead atoms. The third kappa shape index (κ3) is 3.98. The van der Waals surface area contributed by atoms with Crippen molar-refractivity contribution in [2.75, 3.05) is 13.1 Å². The van der Waals surface area contributed by atoms with Crippen LogP contribution in [0.4, 0.5) is 0 Å². The maximum absolute atomic E-state index is 5.96. The molecule has 0 amide bonds. The van der Waals surface area contributed by atoms with Gasteiger partial charge < -0.3 is 14.6 Å². The molecule has 1 atom stereocenters. The average Bonchev–Trinajstić information content (AvgIpc) is 3.10. The van der Waals surface area contributed by atoms with E-state index < -0.39 is 0 Å². The SMILES string of the molecule is c1ccc(CCNCC2Cn3cc(-c4ccccc4)nc3CO2)cc1. The minimum absolute atomic E-state index is 0.195. The summed E-state index contributed by atoms with van der Waals surface area (Å²) in [7, 11) is 0. The Morgan fingerprint density at radius 1 is 1.04 bits per heavy atom. The molecule has 25 heavy (non-hydrogen) atoms. The highest BCUT2D eigenvalue weighted by atomic mass is 16.5. The fraction of sp³-hybridized carbons (Fsp3) is 0.286. The molecule has 3 aromatic rings. The summed E-state index contributed by atoms with van der Waals surface area (Å²) in [6.07, 6.45) is 3.38. The van der Waals surface area contributed by atoms with Gasteiger partial charge in [0.15, 0.2) is 0 Å². The summed E-state index contributed by atoms with van der Waals surface area (Å²) in [5.41, 5.74) is 3.54. The summed E-state index contributed by atoms with van der Waals surface area (Å²) in [6, 6.07) is 20.9. The lowest BCUT2D eigenvalue weighted by Gasteiger charge is -2.24. The van der Waals surface area contributed by atoms with E-state index in [1.807, 2.05) is 18.2 Å². The number of aromatic nitrogens is 2. The van der Waals surface area contributed by atoms with E-state index in [1.54, 1.807) is 0 Å². The number of hydrogen-bond acceptors (Lipinski definition) is 3. The average molecular weight is 333 g/mol. The predicted molar refractivity (Wildman–Crippen MR) is 99.3 cm³/mol. The fourth-order valence-corrected chi connectivity index (χ4v) is 3.20. The van der Waals surface area contributed by atoms with E-state index in [0.717, 1.165) is 43.1 Å². The molecule has 1 aliphatic rings. The van der Waals surface area contributed by atoms with Gasteiger partial charge in [-0.05, 0) is 18.5 Å². The van der Waals surface area contributed by atoms with Crippen LogP contribution < -0.4 is 5.32 Å². The highest BCUT2D eigenvalue weighted by Crippen LogP contribution is 2.21. The minimum Gasteiger partial charge on any atom is -0.367 e. The van der Waals surface area contributed by atoms with Gasteiger partial charge in [-0.3, -0.25) is 0 Å². The molecule has 0 fully saturated rings. The third-order valence-corrected chi connectivity index (χ3v) is 4.58. The number of rotatable bonds is 6. The van der Waals surface area contributed by atoms with Gasteiger partial charge in [0.2, 0.25) is 0 Å². The minimum atomic E-state index is 0.195. The van der Waals surface area contributed by atoms with Gasteiger partial charge in [0.05, 0.1) is 18.3 Å². The Labute approximate surface area is 148 Å². The monoisotopic (exact) mass is 333 g/mol. The second kappa shape index (κ2) is 7.64. The van der Waals surface area contributed by atoms with Crippen molar-refractivity contribution in [3.63, 3.8) is 0 Å². The van der Waals surface area contributed by atoms with Gasteiger partial charge in [0.25, 0.3) is 0 Å². The molecule has 4 nitrogen and oxygen atoms in total.